The Balaban J connectivity index is 2.03. The number of hydrogen-bond donors (Lipinski definition) is 2. The van der Waals surface area contributed by atoms with Crippen LogP contribution in [0.4, 0.5) is 0 Å². The summed E-state index contributed by atoms with van der Waals surface area (Å²) < 4.78 is 7.45. The second-order valence-corrected chi connectivity index (χ2v) is 6.22. The Morgan fingerprint density at radius 1 is 1.21 bits per heavy atom. The molecule has 1 unspecified atom stereocenters. The van der Waals surface area contributed by atoms with Gasteiger partial charge in [0.2, 0.25) is 0 Å². The molecular weight excluding hydrogens is 300 g/mol. The summed E-state index contributed by atoms with van der Waals surface area (Å²) in [7, 11) is 3.66. The van der Waals surface area contributed by atoms with Gasteiger partial charge < -0.3 is 20.1 Å². The van der Waals surface area contributed by atoms with Crippen LogP contribution < -0.4 is 10.5 Å². The van der Waals surface area contributed by atoms with Crippen molar-refractivity contribution in [2.75, 3.05) is 13.7 Å². The molecule has 1 atom stereocenters. The highest BCUT2D eigenvalue weighted by atomic mass is 16.5. The number of rotatable bonds is 5. The van der Waals surface area contributed by atoms with Crippen LogP contribution in [0.2, 0.25) is 0 Å². The van der Waals surface area contributed by atoms with Gasteiger partial charge in [-0.15, -0.1) is 0 Å². The van der Waals surface area contributed by atoms with Gasteiger partial charge in [-0.3, -0.25) is 0 Å². The number of benzene rings is 2. The molecule has 0 bridgehead atoms. The van der Waals surface area contributed by atoms with Crippen molar-refractivity contribution >= 4 is 10.9 Å². The van der Waals surface area contributed by atoms with E-state index in [1.807, 2.05) is 12.1 Å². The van der Waals surface area contributed by atoms with Crippen molar-refractivity contribution in [2.24, 2.45) is 12.8 Å². The predicted molar refractivity (Wildman–Crippen MR) is 97.8 cm³/mol. The molecule has 0 amide bonds. The van der Waals surface area contributed by atoms with E-state index in [1.165, 1.54) is 22.2 Å². The van der Waals surface area contributed by atoms with Crippen molar-refractivity contribution in [3.63, 3.8) is 0 Å². The number of phenols is 1. The van der Waals surface area contributed by atoms with Crippen LogP contribution in [0.25, 0.3) is 10.9 Å². The molecule has 0 aliphatic rings. The number of ether oxygens (including phenoxy) is 1. The highest BCUT2D eigenvalue weighted by Gasteiger charge is 2.20. The lowest BCUT2D eigenvalue weighted by Crippen LogP contribution is -2.16. The third kappa shape index (κ3) is 2.74. The van der Waals surface area contributed by atoms with Crippen molar-refractivity contribution in [2.45, 2.75) is 19.3 Å². The lowest BCUT2D eigenvalue weighted by atomic mass is 9.90. The third-order valence-corrected chi connectivity index (χ3v) is 4.87. The van der Waals surface area contributed by atoms with E-state index in [4.69, 9.17) is 10.5 Å². The van der Waals surface area contributed by atoms with Gasteiger partial charge in [0.1, 0.15) is 0 Å². The van der Waals surface area contributed by atoms with E-state index in [0.29, 0.717) is 12.3 Å². The lowest BCUT2D eigenvalue weighted by Gasteiger charge is -2.17. The van der Waals surface area contributed by atoms with E-state index < -0.39 is 0 Å². The molecular formula is C20H24N2O2. The molecule has 0 radical (unpaired) electrons. The fourth-order valence-corrected chi connectivity index (χ4v) is 3.50. The smallest absolute Gasteiger partial charge is 0.160 e. The average Bonchev–Trinajstić information content (AvgIpc) is 2.86. The largest absolute Gasteiger partial charge is 0.504 e. The van der Waals surface area contributed by atoms with Crippen molar-refractivity contribution in [3.8, 4) is 11.5 Å². The number of nitrogens with zero attached hydrogens (tertiary/aromatic N) is 1. The van der Waals surface area contributed by atoms with E-state index in [9.17, 15) is 5.11 Å². The Labute approximate surface area is 142 Å². The van der Waals surface area contributed by atoms with Crippen LogP contribution in [0.5, 0.6) is 11.5 Å². The van der Waals surface area contributed by atoms with E-state index in [1.54, 1.807) is 13.2 Å². The van der Waals surface area contributed by atoms with Crippen LogP contribution in [0, 0.1) is 6.92 Å². The summed E-state index contributed by atoms with van der Waals surface area (Å²) in [4.78, 5) is 0. The minimum atomic E-state index is 0.159. The molecule has 0 saturated heterocycles. The summed E-state index contributed by atoms with van der Waals surface area (Å²) in [6.45, 7) is 2.72. The zero-order chi connectivity index (χ0) is 17.3. The highest BCUT2D eigenvalue weighted by molar-refractivity contribution is 5.86. The standard InChI is InChI=1S/C20H24N2O2/c1-13-20(16-6-4-5-7-17(16)22(13)2)15(12-21)10-14-8-9-18(23)19(11-14)24-3/h4-9,11,15,23H,10,12,21H2,1-3H3. The number of aryl methyl sites for hydroxylation is 1. The van der Waals surface area contributed by atoms with Gasteiger partial charge in [-0.05, 0) is 49.2 Å². The van der Waals surface area contributed by atoms with Crippen LogP contribution in [0.15, 0.2) is 42.5 Å². The minimum absolute atomic E-state index is 0.159. The number of phenolic OH excluding ortho intramolecular Hbond substituents is 1. The average molecular weight is 324 g/mol. The highest BCUT2D eigenvalue weighted by Crippen LogP contribution is 2.34. The molecule has 3 aromatic rings. The van der Waals surface area contributed by atoms with Crippen LogP contribution in [-0.4, -0.2) is 23.3 Å². The molecule has 1 heterocycles. The Morgan fingerprint density at radius 3 is 2.67 bits per heavy atom. The topological polar surface area (TPSA) is 60.4 Å². The van der Waals surface area contributed by atoms with Gasteiger partial charge in [0.15, 0.2) is 11.5 Å². The first kappa shape index (κ1) is 16.4. The maximum absolute atomic E-state index is 9.78. The van der Waals surface area contributed by atoms with Crippen LogP contribution in [0.3, 0.4) is 0 Å². The molecule has 126 valence electrons. The first-order chi connectivity index (χ1) is 11.6. The first-order valence-electron chi connectivity index (χ1n) is 8.16. The molecule has 4 nitrogen and oxygen atoms in total. The van der Waals surface area contributed by atoms with Gasteiger partial charge in [-0.25, -0.2) is 0 Å². The Morgan fingerprint density at radius 2 is 1.96 bits per heavy atom. The summed E-state index contributed by atoms with van der Waals surface area (Å²) in [5.41, 5.74) is 11.0. The van der Waals surface area contributed by atoms with Crippen molar-refractivity contribution < 1.29 is 9.84 Å². The van der Waals surface area contributed by atoms with E-state index in [2.05, 4.69) is 42.8 Å². The monoisotopic (exact) mass is 324 g/mol. The number of para-hydroxylation sites is 1. The molecule has 0 spiro atoms. The SMILES string of the molecule is COc1cc(CC(CN)c2c(C)n(C)c3ccccc23)ccc1O. The number of hydrogen-bond acceptors (Lipinski definition) is 3. The molecule has 4 heteroatoms. The molecule has 3 rings (SSSR count). The number of methoxy groups -OCH3 is 1. The minimum Gasteiger partial charge on any atom is -0.504 e. The number of aromatic hydroxyl groups is 1. The van der Waals surface area contributed by atoms with Crippen molar-refractivity contribution in [1.82, 2.24) is 4.57 Å². The third-order valence-electron chi connectivity index (χ3n) is 4.87. The van der Waals surface area contributed by atoms with Gasteiger partial charge in [0.25, 0.3) is 0 Å². The van der Waals surface area contributed by atoms with Gasteiger partial charge in [-0.1, -0.05) is 24.3 Å². The zero-order valence-corrected chi connectivity index (χ0v) is 14.4. The fourth-order valence-electron chi connectivity index (χ4n) is 3.50. The molecule has 1 aromatic heterocycles. The number of fused-ring (bicyclic) bond motifs is 1. The molecule has 0 aliphatic heterocycles. The van der Waals surface area contributed by atoms with Crippen LogP contribution in [0.1, 0.15) is 22.7 Å². The quantitative estimate of drug-likeness (QED) is 0.755. The molecule has 0 aliphatic carbocycles. The summed E-state index contributed by atoms with van der Waals surface area (Å²) in [5, 5.41) is 11.0. The van der Waals surface area contributed by atoms with Crippen LogP contribution in [-0.2, 0) is 13.5 Å². The maximum atomic E-state index is 9.78. The van der Waals surface area contributed by atoms with Gasteiger partial charge in [-0.2, -0.15) is 0 Å². The molecule has 3 N–H and O–H groups in total. The Hall–Kier alpha value is -2.46. The normalized spacial score (nSPS) is 12.5. The van der Waals surface area contributed by atoms with Gasteiger partial charge >= 0.3 is 0 Å². The second kappa shape index (κ2) is 6.57. The van der Waals surface area contributed by atoms with Crippen LogP contribution >= 0.6 is 0 Å². The van der Waals surface area contributed by atoms with Gasteiger partial charge in [0.05, 0.1) is 7.11 Å². The summed E-state index contributed by atoms with van der Waals surface area (Å²) >= 11 is 0. The fraction of sp³-hybridized carbons (Fsp3) is 0.300. The summed E-state index contributed by atoms with van der Waals surface area (Å²) in [6, 6.07) is 13.9. The Kier molecular flexibility index (Phi) is 4.49. The molecule has 2 aromatic carbocycles. The maximum Gasteiger partial charge on any atom is 0.160 e. The first-order valence-corrected chi connectivity index (χ1v) is 8.16. The molecule has 0 fully saturated rings. The summed E-state index contributed by atoms with van der Waals surface area (Å²) in [5.74, 6) is 0.871. The van der Waals surface area contributed by atoms with E-state index >= 15 is 0 Å². The van der Waals surface area contributed by atoms with Crippen molar-refractivity contribution in [1.29, 1.82) is 0 Å². The lowest BCUT2D eigenvalue weighted by molar-refractivity contribution is 0.373. The number of aromatic nitrogens is 1. The van der Waals surface area contributed by atoms with E-state index in [0.717, 1.165) is 12.0 Å². The second-order valence-electron chi connectivity index (χ2n) is 6.22. The van der Waals surface area contributed by atoms with Gasteiger partial charge in [0, 0.05) is 29.6 Å². The number of nitrogens with two attached hydrogens (primary N) is 1. The molecule has 24 heavy (non-hydrogen) atoms. The Bertz CT molecular complexity index is 867. The zero-order valence-electron chi connectivity index (χ0n) is 14.4. The molecule has 0 saturated carbocycles. The predicted octanol–water partition coefficient (Wildman–Crippen LogP) is 3.49. The van der Waals surface area contributed by atoms with Crippen molar-refractivity contribution in [3.05, 3.63) is 59.3 Å². The van der Waals surface area contributed by atoms with E-state index in [-0.39, 0.29) is 11.7 Å². The summed E-state index contributed by atoms with van der Waals surface area (Å²) in [6.07, 6.45) is 0.808.